The van der Waals surface area contributed by atoms with Crippen LogP contribution in [0.2, 0.25) is 0 Å². The number of hydrogen-bond acceptors (Lipinski definition) is 9. The molecule has 0 spiro atoms. The highest BCUT2D eigenvalue weighted by Gasteiger charge is 2.30. The number of carbonyl (C=O) groups is 3. The first-order valence-corrected chi connectivity index (χ1v) is 14.1. The molecule has 2 aromatic rings. The highest BCUT2D eigenvalue weighted by molar-refractivity contribution is 5.82. The minimum Gasteiger partial charge on any atom is -0.464 e. The SMILES string of the molecule is CC(C)(C)OC(=O)NCCCC[C@H](NC(=O)OCC1c2ccccc2-c2ccccc21)C(=O)OCCCCO[N+](=O)[O-]. The van der Waals surface area contributed by atoms with Crippen LogP contribution in [-0.2, 0) is 23.8 Å². The van der Waals surface area contributed by atoms with Crippen LogP contribution >= 0.6 is 0 Å². The Hall–Kier alpha value is -4.35. The highest BCUT2D eigenvalue weighted by Crippen LogP contribution is 2.44. The van der Waals surface area contributed by atoms with Crippen molar-refractivity contribution in [2.24, 2.45) is 0 Å². The maximum Gasteiger partial charge on any atom is 0.407 e. The van der Waals surface area contributed by atoms with Gasteiger partial charge >= 0.3 is 18.2 Å². The van der Waals surface area contributed by atoms with Gasteiger partial charge in [0.15, 0.2) is 0 Å². The third-order valence-corrected chi connectivity index (χ3v) is 6.49. The van der Waals surface area contributed by atoms with Crippen LogP contribution in [0, 0.1) is 10.1 Å². The number of ether oxygens (including phenoxy) is 3. The van der Waals surface area contributed by atoms with Gasteiger partial charge in [-0.2, -0.15) is 0 Å². The standard InChI is InChI=1S/C30H39N3O9/c1-30(2,3)42-28(35)31-17-9-8-16-26(27(34)39-18-10-11-19-41-33(37)38)32-29(36)40-20-25-23-14-6-4-12-21(23)22-13-5-7-15-24(22)25/h4-7,12-15,25-26H,8-11,16-20H2,1-3H3,(H,31,35)(H,32,36)/t26-/m0/s1. The molecular formula is C30H39N3O9. The fourth-order valence-corrected chi connectivity index (χ4v) is 4.63. The summed E-state index contributed by atoms with van der Waals surface area (Å²) in [5.41, 5.74) is 3.74. The maximum atomic E-state index is 12.8. The predicted octanol–water partition coefficient (Wildman–Crippen LogP) is 5.12. The molecule has 2 aromatic carbocycles. The molecule has 3 rings (SSSR count). The minimum atomic E-state index is -0.975. The van der Waals surface area contributed by atoms with Crippen molar-refractivity contribution in [2.75, 3.05) is 26.4 Å². The zero-order chi connectivity index (χ0) is 30.5. The number of amides is 2. The Kier molecular flexibility index (Phi) is 11.9. The number of benzene rings is 2. The molecule has 1 atom stereocenters. The van der Waals surface area contributed by atoms with Gasteiger partial charge in [-0.1, -0.05) is 48.5 Å². The second-order valence-electron chi connectivity index (χ2n) is 10.9. The number of carbonyl (C=O) groups excluding carboxylic acids is 3. The Morgan fingerprint density at radius 3 is 2.12 bits per heavy atom. The fourth-order valence-electron chi connectivity index (χ4n) is 4.63. The summed E-state index contributed by atoms with van der Waals surface area (Å²) >= 11 is 0. The van der Waals surface area contributed by atoms with Gasteiger partial charge in [0.05, 0.1) is 13.2 Å². The van der Waals surface area contributed by atoms with Crippen molar-refractivity contribution in [2.45, 2.75) is 70.4 Å². The summed E-state index contributed by atoms with van der Waals surface area (Å²) in [5.74, 6) is -0.771. The van der Waals surface area contributed by atoms with Crippen LogP contribution in [0.1, 0.15) is 69.9 Å². The lowest BCUT2D eigenvalue weighted by Gasteiger charge is -2.20. The Labute approximate surface area is 245 Å². The third kappa shape index (κ3) is 10.2. The van der Waals surface area contributed by atoms with Crippen LogP contribution in [0.15, 0.2) is 48.5 Å². The minimum absolute atomic E-state index is 0.0168. The van der Waals surface area contributed by atoms with E-state index < -0.39 is 34.9 Å². The predicted molar refractivity (Wildman–Crippen MR) is 153 cm³/mol. The molecule has 0 fully saturated rings. The summed E-state index contributed by atoms with van der Waals surface area (Å²) in [7, 11) is 0. The van der Waals surface area contributed by atoms with Gasteiger partial charge in [0.25, 0.3) is 5.09 Å². The Balaban J connectivity index is 1.52. The van der Waals surface area contributed by atoms with Gasteiger partial charge in [-0.3, -0.25) is 0 Å². The molecule has 12 heteroatoms. The Morgan fingerprint density at radius 1 is 0.881 bits per heavy atom. The maximum absolute atomic E-state index is 12.8. The van der Waals surface area contributed by atoms with E-state index in [1.807, 2.05) is 48.5 Å². The molecule has 42 heavy (non-hydrogen) atoms. The number of rotatable bonds is 15. The van der Waals surface area contributed by atoms with Crippen LogP contribution in [0.3, 0.4) is 0 Å². The van der Waals surface area contributed by atoms with Crippen LogP contribution in [0.25, 0.3) is 11.1 Å². The molecule has 0 radical (unpaired) electrons. The summed E-state index contributed by atoms with van der Waals surface area (Å²) in [5, 5.41) is 14.7. The number of esters is 1. The molecule has 2 N–H and O–H groups in total. The summed E-state index contributed by atoms with van der Waals surface area (Å²) in [6.45, 7) is 5.66. The quantitative estimate of drug-likeness (QED) is 0.0952. The van der Waals surface area contributed by atoms with E-state index in [0.717, 1.165) is 22.3 Å². The van der Waals surface area contributed by atoms with Gasteiger partial charge in [0.1, 0.15) is 18.2 Å². The molecule has 228 valence electrons. The van der Waals surface area contributed by atoms with Crippen LogP contribution < -0.4 is 10.6 Å². The van der Waals surface area contributed by atoms with E-state index >= 15 is 0 Å². The normalized spacial score (nSPS) is 12.8. The summed E-state index contributed by atoms with van der Waals surface area (Å²) < 4.78 is 16.1. The first-order valence-electron chi connectivity index (χ1n) is 14.1. The van der Waals surface area contributed by atoms with E-state index in [1.165, 1.54) is 0 Å². The van der Waals surface area contributed by atoms with E-state index in [2.05, 4.69) is 15.5 Å². The molecule has 0 aromatic heterocycles. The number of alkyl carbamates (subject to hydrolysis) is 2. The molecule has 1 aliphatic carbocycles. The van der Waals surface area contributed by atoms with E-state index in [-0.39, 0.29) is 32.2 Å². The Morgan fingerprint density at radius 2 is 1.50 bits per heavy atom. The largest absolute Gasteiger partial charge is 0.464 e. The van der Waals surface area contributed by atoms with Crippen LogP contribution in [-0.4, -0.2) is 61.3 Å². The second kappa shape index (κ2) is 15.6. The van der Waals surface area contributed by atoms with Gasteiger partial charge in [0.2, 0.25) is 0 Å². The van der Waals surface area contributed by atoms with Gasteiger partial charge in [-0.15, -0.1) is 10.1 Å². The average Bonchev–Trinajstić information content (AvgIpc) is 3.25. The second-order valence-corrected chi connectivity index (χ2v) is 10.9. The fraction of sp³-hybridized carbons (Fsp3) is 0.500. The first kappa shape index (κ1) is 32.2. The van der Waals surface area contributed by atoms with Crippen molar-refractivity contribution >= 4 is 18.2 Å². The molecule has 2 amide bonds. The number of nitrogens with one attached hydrogen (secondary N) is 2. The van der Waals surface area contributed by atoms with E-state index in [0.29, 0.717) is 32.2 Å². The first-order chi connectivity index (χ1) is 20.0. The highest BCUT2D eigenvalue weighted by atomic mass is 16.9. The summed E-state index contributed by atoms with van der Waals surface area (Å²) in [4.78, 5) is 52.0. The molecule has 0 heterocycles. The lowest BCUT2D eigenvalue weighted by molar-refractivity contribution is -0.757. The van der Waals surface area contributed by atoms with Crippen molar-refractivity contribution in [3.05, 3.63) is 69.8 Å². The van der Waals surface area contributed by atoms with Gasteiger partial charge in [-0.25, -0.2) is 14.4 Å². The number of unbranched alkanes of at least 4 members (excludes halogenated alkanes) is 2. The van der Waals surface area contributed by atoms with Crippen molar-refractivity contribution < 1.29 is 38.5 Å². The molecular weight excluding hydrogens is 546 g/mol. The number of hydrogen-bond donors (Lipinski definition) is 2. The number of fused-ring (bicyclic) bond motifs is 3. The molecule has 0 bridgehead atoms. The average molecular weight is 586 g/mol. The van der Waals surface area contributed by atoms with Crippen molar-refractivity contribution in [3.8, 4) is 11.1 Å². The zero-order valence-corrected chi connectivity index (χ0v) is 24.3. The molecule has 0 saturated carbocycles. The Bertz CT molecular complexity index is 1180. The summed E-state index contributed by atoms with van der Waals surface area (Å²) in [6.07, 6.45) is 0.695. The van der Waals surface area contributed by atoms with Crippen molar-refractivity contribution in [1.82, 2.24) is 10.6 Å². The smallest absolute Gasteiger partial charge is 0.407 e. The van der Waals surface area contributed by atoms with Crippen LogP contribution in [0.5, 0.6) is 0 Å². The van der Waals surface area contributed by atoms with E-state index in [9.17, 15) is 24.5 Å². The van der Waals surface area contributed by atoms with Gasteiger partial charge in [0, 0.05) is 12.5 Å². The van der Waals surface area contributed by atoms with E-state index in [4.69, 9.17) is 14.2 Å². The molecule has 0 aliphatic heterocycles. The van der Waals surface area contributed by atoms with Crippen molar-refractivity contribution in [1.29, 1.82) is 0 Å². The zero-order valence-electron chi connectivity index (χ0n) is 24.3. The van der Waals surface area contributed by atoms with Gasteiger partial charge in [-0.05, 0) is 75.1 Å². The molecule has 12 nitrogen and oxygen atoms in total. The summed E-state index contributed by atoms with van der Waals surface area (Å²) in [6, 6.07) is 15.0. The molecule has 0 unspecified atom stereocenters. The third-order valence-electron chi connectivity index (χ3n) is 6.49. The lowest BCUT2D eigenvalue weighted by atomic mass is 9.98. The van der Waals surface area contributed by atoms with Crippen molar-refractivity contribution in [3.63, 3.8) is 0 Å². The molecule has 0 saturated heterocycles. The monoisotopic (exact) mass is 585 g/mol. The van der Waals surface area contributed by atoms with Crippen LogP contribution in [0.4, 0.5) is 9.59 Å². The lowest BCUT2D eigenvalue weighted by Crippen LogP contribution is -2.42. The van der Waals surface area contributed by atoms with Gasteiger partial charge < -0.3 is 29.7 Å². The number of nitrogens with zero attached hydrogens (tertiary/aromatic N) is 1. The molecule has 1 aliphatic rings. The topological polar surface area (TPSA) is 155 Å². The van der Waals surface area contributed by atoms with E-state index in [1.54, 1.807) is 20.8 Å².